The number of rotatable bonds is 1. The maximum absolute atomic E-state index is 9.24. The average molecular weight is 153 g/mol. The number of nitrogens with two attached hydrogens (primary N) is 1. The summed E-state index contributed by atoms with van der Waals surface area (Å²) in [5.74, 6) is -0.968. The van der Waals surface area contributed by atoms with Crippen LogP contribution in [0, 0.1) is 0 Å². The van der Waals surface area contributed by atoms with Crippen LogP contribution in [0.5, 0.6) is 0 Å². The Hall–Kier alpha value is -0.0116. The third kappa shape index (κ3) is 9.01. The van der Waals surface area contributed by atoms with Crippen molar-refractivity contribution in [2.45, 2.75) is 0 Å². The fourth-order valence-electron chi connectivity index (χ4n) is 0. The van der Waals surface area contributed by atoms with E-state index in [2.05, 4.69) is 5.73 Å². The van der Waals surface area contributed by atoms with Gasteiger partial charge in [0.25, 0.3) is 0 Å². The van der Waals surface area contributed by atoms with E-state index in [1.54, 1.807) is 0 Å². The van der Waals surface area contributed by atoms with E-state index in [9.17, 15) is 4.79 Å². The van der Waals surface area contributed by atoms with Gasteiger partial charge in [-0.25, -0.2) is 0 Å². The fraction of sp³-hybridized carbons (Fsp3) is 0.500. The molecule has 0 saturated heterocycles. The molecule has 6 heavy (non-hydrogen) atoms. The Morgan fingerprint density at radius 1 is 1.83 bits per heavy atom. The van der Waals surface area contributed by atoms with Crippen molar-refractivity contribution in [2.75, 3.05) is 6.54 Å². The second-order valence-corrected chi connectivity index (χ2v) is 0.598. The molecule has 3 nitrogen and oxygen atoms in total. The van der Waals surface area contributed by atoms with Gasteiger partial charge in [0, 0.05) is 0 Å². The Morgan fingerprint density at radius 3 is 2.00 bits per heavy atom. The predicted octanol–water partition coefficient (Wildman–Crippen LogP) is -2.15. The molecule has 4 heteroatoms. The molecule has 0 amide bonds. The third-order valence-corrected chi connectivity index (χ3v) is 0.175. The van der Waals surface area contributed by atoms with Gasteiger partial charge in [0.05, 0.1) is 6.54 Å². The number of hydrogen-bond donors (Lipinski definition) is 2. The molecular weight excluding hydrogens is 145 g/mol. The van der Waals surface area contributed by atoms with E-state index < -0.39 is 5.97 Å². The molecule has 0 aliphatic heterocycles. The van der Waals surface area contributed by atoms with Gasteiger partial charge in [-0.15, -0.1) is 0 Å². The van der Waals surface area contributed by atoms with Crippen molar-refractivity contribution in [1.29, 1.82) is 0 Å². The summed E-state index contributed by atoms with van der Waals surface area (Å²) in [5, 5.41) is 7.60. The number of carboxylic acids is 1. The summed E-state index contributed by atoms with van der Waals surface area (Å²) in [6.45, 7) is -0.278. The zero-order chi connectivity index (χ0) is 4.28. The molecule has 38 valence electrons. The Morgan fingerprint density at radius 2 is 2.00 bits per heavy atom. The van der Waals surface area contributed by atoms with E-state index in [1.807, 2.05) is 0 Å². The molecule has 0 heterocycles. The molecule has 1 unspecified atom stereocenters. The van der Waals surface area contributed by atoms with Gasteiger partial charge in [-0.05, 0) is 0 Å². The fourth-order valence-corrected chi connectivity index (χ4v) is 0. The van der Waals surface area contributed by atoms with E-state index in [0.717, 1.165) is 0 Å². The van der Waals surface area contributed by atoms with E-state index in [-0.39, 0.29) is 24.5 Å². The summed E-state index contributed by atoms with van der Waals surface area (Å²) in [5.41, 5.74) is 4.57. The first-order valence-electron chi connectivity index (χ1n) is 1.19. The Bertz CT molecular complexity index is 46.8. The second kappa shape index (κ2) is 4.99. The standard InChI is InChI=1S/C2H5NO2.AsH3/c3-1-2(4)5;/h1,3H2,(H,4,5);1H3. The molecule has 0 spiro atoms. The van der Waals surface area contributed by atoms with Crippen LogP contribution < -0.4 is 5.73 Å². The van der Waals surface area contributed by atoms with Crippen molar-refractivity contribution in [3.63, 3.8) is 0 Å². The first kappa shape index (κ1) is 9.37. The number of carbonyl (C=O) groups is 1. The molecule has 0 rings (SSSR count). The number of aliphatic carboxylic acids is 1. The zero-order valence-corrected chi connectivity index (χ0v) is 6.31. The molecule has 0 radical (unpaired) electrons. The molecule has 0 aliphatic carbocycles. The van der Waals surface area contributed by atoms with Crippen LogP contribution in [0.25, 0.3) is 0 Å². The van der Waals surface area contributed by atoms with Gasteiger partial charge in [-0.2, -0.15) is 0 Å². The number of carboxylic acid groups (broad SMARTS) is 1. The van der Waals surface area contributed by atoms with E-state index >= 15 is 0 Å². The monoisotopic (exact) mass is 153 g/mol. The molecular formula is C2H8AsNO2. The molecule has 0 aromatic carbocycles. The summed E-state index contributed by atoms with van der Waals surface area (Å²) in [4.78, 5) is 9.24. The molecule has 3 N–H and O–H groups in total. The van der Waals surface area contributed by atoms with Gasteiger partial charge < -0.3 is 10.8 Å². The van der Waals surface area contributed by atoms with E-state index in [0.29, 0.717) is 0 Å². The summed E-state index contributed by atoms with van der Waals surface area (Å²) in [6.07, 6.45) is 0. The Kier molecular flexibility index (Phi) is 7.79. The van der Waals surface area contributed by atoms with Gasteiger partial charge in [0.15, 0.2) is 0 Å². The van der Waals surface area contributed by atoms with Gasteiger partial charge in [0.1, 0.15) is 0 Å². The van der Waals surface area contributed by atoms with Crippen LogP contribution in [0.4, 0.5) is 0 Å². The SMILES string of the molecule is NCC(=O)O.[AsH3]. The van der Waals surface area contributed by atoms with Crippen molar-refractivity contribution >= 4 is 23.9 Å². The van der Waals surface area contributed by atoms with Crippen LogP contribution in [0.1, 0.15) is 0 Å². The van der Waals surface area contributed by atoms with Gasteiger partial charge in [-0.3, -0.25) is 4.79 Å². The average Bonchev–Trinajstić information content (AvgIpc) is 1.38. The van der Waals surface area contributed by atoms with Crippen molar-refractivity contribution < 1.29 is 9.90 Å². The molecule has 0 saturated carbocycles. The quantitative estimate of drug-likeness (QED) is 0.422. The van der Waals surface area contributed by atoms with Crippen LogP contribution in [0.3, 0.4) is 0 Å². The van der Waals surface area contributed by atoms with E-state index in [1.165, 1.54) is 0 Å². The summed E-state index contributed by atoms with van der Waals surface area (Å²) in [7, 11) is 0. The van der Waals surface area contributed by atoms with Crippen molar-refractivity contribution in [2.24, 2.45) is 5.73 Å². The molecule has 0 aromatic heterocycles. The molecule has 1 atom stereocenters. The minimum absolute atomic E-state index is 0. The summed E-state index contributed by atoms with van der Waals surface area (Å²) in [6, 6.07) is 0. The second-order valence-electron chi connectivity index (χ2n) is 0.598. The van der Waals surface area contributed by atoms with Gasteiger partial charge >= 0.3 is 23.9 Å². The third-order valence-electron chi connectivity index (χ3n) is 0.175. The van der Waals surface area contributed by atoms with Gasteiger partial charge in [0.2, 0.25) is 0 Å². The van der Waals surface area contributed by atoms with Crippen molar-refractivity contribution in [1.82, 2.24) is 0 Å². The topological polar surface area (TPSA) is 63.3 Å². The van der Waals surface area contributed by atoms with Gasteiger partial charge in [-0.1, -0.05) is 0 Å². The first-order valence-corrected chi connectivity index (χ1v) is 1.19. The Labute approximate surface area is 46.8 Å². The first-order chi connectivity index (χ1) is 2.27. The molecule has 0 aliphatic rings. The maximum atomic E-state index is 9.24. The van der Waals surface area contributed by atoms with Crippen LogP contribution in [0.15, 0.2) is 0 Å². The molecule has 0 fully saturated rings. The number of hydrogen-bond acceptors (Lipinski definition) is 2. The minimum atomic E-state index is -0.968. The zero-order valence-electron chi connectivity index (χ0n) is 3.35. The normalized spacial score (nSPS) is 6.17. The summed E-state index contributed by atoms with van der Waals surface area (Å²) < 4.78 is 0. The van der Waals surface area contributed by atoms with Crippen molar-refractivity contribution in [3.8, 4) is 0 Å². The van der Waals surface area contributed by atoms with Crippen LogP contribution in [-0.2, 0) is 4.79 Å². The predicted molar refractivity (Wildman–Crippen MR) is 26.6 cm³/mol. The van der Waals surface area contributed by atoms with E-state index in [4.69, 9.17) is 5.11 Å². The summed E-state index contributed by atoms with van der Waals surface area (Å²) >= 11 is 0. The van der Waals surface area contributed by atoms with Crippen LogP contribution in [0.2, 0.25) is 0 Å². The molecule has 0 bridgehead atoms. The van der Waals surface area contributed by atoms with Crippen LogP contribution >= 0.6 is 0 Å². The van der Waals surface area contributed by atoms with Crippen molar-refractivity contribution in [3.05, 3.63) is 0 Å². The van der Waals surface area contributed by atoms with Crippen LogP contribution in [-0.4, -0.2) is 35.6 Å². The molecule has 0 aromatic rings. The Balaban J connectivity index is 0.